The van der Waals surface area contributed by atoms with Gasteiger partial charge in [0.25, 0.3) is 0 Å². The summed E-state index contributed by atoms with van der Waals surface area (Å²) in [5.41, 5.74) is 0.00162. The minimum atomic E-state index is -1.23. The van der Waals surface area contributed by atoms with Gasteiger partial charge in [0, 0.05) is 18.7 Å². The van der Waals surface area contributed by atoms with Crippen LogP contribution in [0.4, 0.5) is 19.0 Å². The van der Waals surface area contributed by atoms with Crippen LogP contribution in [0.2, 0.25) is 0 Å². The molecule has 0 unspecified atom stereocenters. The molecule has 88 valence electrons. The summed E-state index contributed by atoms with van der Waals surface area (Å²) >= 11 is 0. The van der Waals surface area contributed by atoms with Crippen LogP contribution in [0.15, 0.2) is 24.5 Å². The third-order valence-electron chi connectivity index (χ3n) is 2.18. The van der Waals surface area contributed by atoms with E-state index in [0.29, 0.717) is 11.9 Å². The van der Waals surface area contributed by atoms with E-state index in [2.05, 4.69) is 15.3 Å². The largest absolute Gasteiger partial charge is 0.372 e. The lowest BCUT2D eigenvalue weighted by Crippen LogP contribution is -1.97. The van der Waals surface area contributed by atoms with Crippen molar-refractivity contribution in [2.75, 3.05) is 12.4 Å². The van der Waals surface area contributed by atoms with Gasteiger partial charge >= 0.3 is 0 Å². The lowest BCUT2D eigenvalue weighted by molar-refractivity contribution is 0.496. The van der Waals surface area contributed by atoms with Gasteiger partial charge in [-0.15, -0.1) is 0 Å². The number of benzene rings is 1. The molecule has 17 heavy (non-hydrogen) atoms. The van der Waals surface area contributed by atoms with Gasteiger partial charge in [-0.3, -0.25) is 4.98 Å². The van der Waals surface area contributed by atoms with Gasteiger partial charge in [-0.2, -0.15) is 0 Å². The van der Waals surface area contributed by atoms with E-state index in [4.69, 9.17) is 0 Å². The fourth-order valence-corrected chi connectivity index (χ4v) is 1.34. The molecule has 0 fully saturated rings. The number of aromatic nitrogens is 2. The summed E-state index contributed by atoms with van der Waals surface area (Å²) < 4.78 is 39.2. The molecule has 0 spiro atoms. The Morgan fingerprint density at radius 1 is 1.00 bits per heavy atom. The minimum absolute atomic E-state index is 0.131. The van der Waals surface area contributed by atoms with Crippen molar-refractivity contribution in [3.63, 3.8) is 0 Å². The molecule has 1 heterocycles. The molecule has 3 nitrogen and oxygen atoms in total. The van der Waals surface area contributed by atoms with Crippen LogP contribution in [-0.4, -0.2) is 17.0 Å². The van der Waals surface area contributed by atoms with Crippen molar-refractivity contribution in [1.29, 1.82) is 0 Å². The van der Waals surface area contributed by atoms with Crippen LogP contribution in [0.25, 0.3) is 11.3 Å². The van der Waals surface area contributed by atoms with Crippen molar-refractivity contribution in [2.45, 2.75) is 0 Å². The first-order chi connectivity index (χ1) is 8.11. The molecule has 0 saturated carbocycles. The molecule has 0 saturated heterocycles. The first-order valence-corrected chi connectivity index (χ1v) is 4.76. The predicted molar refractivity (Wildman–Crippen MR) is 56.9 cm³/mol. The smallest absolute Gasteiger partial charge is 0.161 e. The lowest BCUT2D eigenvalue weighted by atomic mass is 10.1. The van der Waals surface area contributed by atoms with Gasteiger partial charge in [0.1, 0.15) is 11.6 Å². The molecule has 2 aromatic rings. The summed E-state index contributed by atoms with van der Waals surface area (Å²) in [6, 6.07) is 1.24. The fraction of sp³-hybridized carbons (Fsp3) is 0.0909. The third-order valence-corrected chi connectivity index (χ3v) is 2.18. The normalized spacial score (nSPS) is 10.4. The standard InChI is InChI=1S/C11H8F3N3/c1-15-11-5-16-4-10(17-11)6-2-8(13)9(14)3-7(6)12/h2-5H,1H3,(H,15,17). The highest BCUT2D eigenvalue weighted by Crippen LogP contribution is 2.23. The number of hydrogen-bond donors (Lipinski definition) is 1. The van der Waals surface area contributed by atoms with E-state index < -0.39 is 17.5 Å². The molecule has 0 atom stereocenters. The second-order valence-electron chi connectivity index (χ2n) is 3.29. The maximum Gasteiger partial charge on any atom is 0.161 e. The summed E-state index contributed by atoms with van der Waals surface area (Å²) in [5, 5.41) is 2.72. The number of halogens is 3. The van der Waals surface area contributed by atoms with Crippen molar-refractivity contribution in [1.82, 2.24) is 9.97 Å². The fourth-order valence-electron chi connectivity index (χ4n) is 1.34. The van der Waals surface area contributed by atoms with Crippen molar-refractivity contribution in [3.05, 3.63) is 42.0 Å². The van der Waals surface area contributed by atoms with Gasteiger partial charge in [0.15, 0.2) is 11.6 Å². The molecular formula is C11H8F3N3. The Bertz CT molecular complexity index is 558. The van der Waals surface area contributed by atoms with Crippen LogP contribution >= 0.6 is 0 Å². The highest BCUT2D eigenvalue weighted by molar-refractivity contribution is 5.60. The van der Waals surface area contributed by atoms with Crippen LogP contribution in [0.1, 0.15) is 0 Å². The van der Waals surface area contributed by atoms with Gasteiger partial charge in [-0.25, -0.2) is 18.2 Å². The van der Waals surface area contributed by atoms with Gasteiger partial charge in [-0.05, 0) is 6.07 Å². The Hall–Kier alpha value is -2.11. The van der Waals surface area contributed by atoms with Crippen molar-refractivity contribution < 1.29 is 13.2 Å². The highest BCUT2D eigenvalue weighted by Gasteiger charge is 2.13. The Balaban J connectivity index is 2.56. The molecular weight excluding hydrogens is 231 g/mol. The number of nitrogens with zero attached hydrogens (tertiary/aromatic N) is 2. The Morgan fingerprint density at radius 2 is 1.71 bits per heavy atom. The molecule has 1 aromatic carbocycles. The quantitative estimate of drug-likeness (QED) is 0.818. The Morgan fingerprint density at radius 3 is 2.41 bits per heavy atom. The molecule has 1 N–H and O–H groups in total. The van der Waals surface area contributed by atoms with E-state index in [-0.39, 0.29) is 11.3 Å². The number of anilines is 1. The molecule has 1 aromatic heterocycles. The van der Waals surface area contributed by atoms with Gasteiger partial charge in [0.2, 0.25) is 0 Å². The van der Waals surface area contributed by atoms with Gasteiger partial charge in [-0.1, -0.05) is 0 Å². The number of nitrogens with one attached hydrogen (secondary N) is 1. The van der Waals surface area contributed by atoms with Crippen molar-refractivity contribution in [2.24, 2.45) is 0 Å². The van der Waals surface area contributed by atoms with Crippen molar-refractivity contribution >= 4 is 5.82 Å². The van der Waals surface area contributed by atoms with Gasteiger partial charge in [0.05, 0.1) is 18.1 Å². The van der Waals surface area contributed by atoms with Crippen LogP contribution in [0.5, 0.6) is 0 Å². The van der Waals surface area contributed by atoms with E-state index in [9.17, 15) is 13.2 Å². The Labute approximate surface area is 95.3 Å². The van der Waals surface area contributed by atoms with Crippen LogP contribution in [0.3, 0.4) is 0 Å². The summed E-state index contributed by atoms with van der Waals surface area (Å²) in [7, 11) is 1.62. The molecule has 0 radical (unpaired) electrons. The van der Waals surface area contributed by atoms with Crippen LogP contribution < -0.4 is 5.32 Å². The summed E-state index contributed by atoms with van der Waals surface area (Å²) in [6.45, 7) is 0. The predicted octanol–water partition coefficient (Wildman–Crippen LogP) is 2.60. The van der Waals surface area contributed by atoms with E-state index in [0.717, 1.165) is 6.07 Å². The minimum Gasteiger partial charge on any atom is -0.372 e. The zero-order valence-electron chi connectivity index (χ0n) is 8.84. The molecule has 0 aliphatic heterocycles. The van der Waals surface area contributed by atoms with E-state index >= 15 is 0 Å². The average Bonchev–Trinajstić information content (AvgIpc) is 2.34. The summed E-state index contributed by atoms with van der Waals surface area (Å²) in [4.78, 5) is 7.81. The highest BCUT2D eigenvalue weighted by atomic mass is 19.2. The molecule has 2 rings (SSSR count). The molecule has 6 heteroatoms. The maximum absolute atomic E-state index is 13.5. The van der Waals surface area contributed by atoms with Crippen molar-refractivity contribution in [3.8, 4) is 11.3 Å². The van der Waals surface area contributed by atoms with Crippen LogP contribution in [-0.2, 0) is 0 Å². The zero-order chi connectivity index (χ0) is 12.4. The second kappa shape index (κ2) is 4.40. The topological polar surface area (TPSA) is 37.8 Å². The number of rotatable bonds is 2. The first-order valence-electron chi connectivity index (χ1n) is 4.76. The summed E-state index contributed by atoms with van der Waals surface area (Å²) in [5.74, 6) is -2.83. The summed E-state index contributed by atoms with van der Waals surface area (Å²) in [6.07, 6.45) is 2.71. The molecule has 0 aliphatic carbocycles. The maximum atomic E-state index is 13.5. The average molecular weight is 239 g/mol. The second-order valence-corrected chi connectivity index (χ2v) is 3.29. The van der Waals surface area contributed by atoms with E-state index in [1.54, 1.807) is 7.05 Å². The Kier molecular flexibility index (Phi) is 2.95. The third kappa shape index (κ3) is 2.20. The monoisotopic (exact) mass is 239 g/mol. The van der Waals surface area contributed by atoms with E-state index in [1.807, 2.05) is 0 Å². The van der Waals surface area contributed by atoms with E-state index in [1.165, 1.54) is 12.4 Å². The molecule has 0 aliphatic rings. The number of hydrogen-bond acceptors (Lipinski definition) is 3. The first kappa shape index (κ1) is 11.4. The SMILES string of the molecule is CNc1cncc(-c2cc(F)c(F)cc2F)n1. The molecule has 0 amide bonds. The lowest BCUT2D eigenvalue weighted by Gasteiger charge is -2.05. The van der Waals surface area contributed by atoms with Gasteiger partial charge < -0.3 is 5.32 Å². The zero-order valence-corrected chi connectivity index (χ0v) is 8.84. The van der Waals surface area contributed by atoms with Crippen LogP contribution in [0, 0.1) is 17.5 Å². The molecule has 0 bridgehead atoms.